The second kappa shape index (κ2) is 5.13. The van der Waals surface area contributed by atoms with Crippen molar-refractivity contribution in [2.75, 3.05) is 13.1 Å². The summed E-state index contributed by atoms with van der Waals surface area (Å²) in [4.78, 5) is 0. The fraction of sp³-hybridized carbons (Fsp3) is 0.846. The second-order valence-electron chi connectivity index (χ2n) is 5.24. The van der Waals surface area contributed by atoms with Crippen molar-refractivity contribution >= 4 is 0 Å². The lowest BCUT2D eigenvalue weighted by molar-refractivity contribution is 0.326. The molecule has 1 heterocycles. The zero-order chi connectivity index (χ0) is 10.7. The third-order valence-electron chi connectivity index (χ3n) is 3.85. The van der Waals surface area contributed by atoms with E-state index in [0.717, 1.165) is 24.5 Å². The number of hydrogen-bond acceptors (Lipinski definition) is 2. The van der Waals surface area contributed by atoms with Crippen LogP contribution in [0.1, 0.15) is 39.0 Å². The lowest BCUT2D eigenvalue weighted by Crippen LogP contribution is -2.42. The molecule has 0 aromatic carbocycles. The van der Waals surface area contributed by atoms with Crippen LogP contribution in [0.4, 0.5) is 0 Å². The Hall–Kier alpha value is -0.340. The molecule has 2 N–H and O–H groups in total. The highest BCUT2D eigenvalue weighted by atomic mass is 15.0. The van der Waals surface area contributed by atoms with Crippen molar-refractivity contribution in [3.8, 4) is 0 Å². The molecule has 2 rings (SSSR count). The Morgan fingerprint density at radius 3 is 2.87 bits per heavy atom. The van der Waals surface area contributed by atoms with Gasteiger partial charge in [0.05, 0.1) is 0 Å². The van der Waals surface area contributed by atoms with Crippen molar-refractivity contribution in [2.24, 2.45) is 5.92 Å². The summed E-state index contributed by atoms with van der Waals surface area (Å²) in [6.07, 6.45) is 6.92. The third kappa shape index (κ3) is 2.82. The van der Waals surface area contributed by atoms with E-state index in [1.165, 1.54) is 44.2 Å². The van der Waals surface area contributed by atoms with Crippen LogP contribution in [0.5, 0.6) is 0 Å². The Balaban J connectivity index is 1.84. The van der Waals surface area contributed by atoms with Gasteiger partial charge in [0, 0.05) is 18.6 Å². The predicted octanol–water partition coefficient (Wildman–Crippen LogP) is 2.07. The van der Waals surface area contributed by atoms with Crippen molar-refractivity contribution in [2.45, 2.75) is 51.1 Å². The average molecular weight is 208 g/mol. The molecular weight excluding hydrogens is 184 g/mol. The quantitative estimate of drug-likeness (QED) is 0.691. The molecule has 2 heteroatoms. The maximum atomic E-state index is 3.96. The van der Waals surface area contributed by atoms with Gasteiger partial charge < -0.3 is 10.6 Å². The highest BCUT2D eigenvalue weighted by Crippen LogP contribution is 2.31. The summed E-state index contributed by atoms with van der Waals surface area (Å²) in [7, 11) is 0. The van der Waals surface area contributed by atoms with Gasteiger partial charge in [-0.1, -0.05) is 18.6 Å². The van der Waals surface area contributed by atoms with Crippen LogP contribution in [-0.2, 0) is 0 Å². The van der Waals surface area contributed by atoms with Gasteiger partial charge in [-0.25, -0.2) is 0 Å². The molecule has 1 aliphatic carbocycles. The molecule has 0 spiro atoms. The standard InChI is InChI=1S/C13H24N2/c1-10(2)9-15-13-6-3-5-11(13)12-7-4-8-14-12/h11-15H,1,3-9H2,2H3. The summed E-state index contributed by atoms with van der Waals surface area (Å²) in [5, 5.41) is 7.32. The van der Waals surface area contributed by atoms with Gasteiger partial charge in [0.15, 0.2) is 0 Å². The molecule has 1 saturated heterocycles. The van der Waals surface area contributed by atoms with Crippen LogP contribution in [0.15, 0.2) is 12.2 Å². The molecule has 2 aliphatic rings. The van der Waals surface area contributed by atoms with Gasteiger partial charge in [-0.15, -0.1) is 0 Å². The first-order chi connectivity index (χ1) is 7.27. The third-order valence-corrected chi connectivity index (χ3v) is 3.85. The first kappa shape index (κ1) is 11.2. The Bertz CT molecular complexity index is 219. The van der Waals surface area contributed by atoms with Crippen molar-refractivity contribution in [1.82, 2.24) is 10.6 Å². The Morgan fingerprint density at radius 2 is 2.20 bits per heavy atom. The SMILES string of the molecule is C=C(C)CNC1CCCC1C1CCCN1. The van der Waals surface area contributed by atoms with E-state index < -0.39 is 0 Å². The van der Waals surface area contributed by atoms with Crippen molar-refractivity contribution in [3.63, 3.8) is 0 Å². The van der Waals surface area contributed by atoms with Gasteiger partial charge in [-0.2, -0.15) is 0 Å². The largest absolute Gasteiger partial charge is 0.314 e. The topological polar surface area (TPSA) is 24.1 Å². The summed E-state index contributed by atoms with van der Waals surface area (Å²) in [6.45, 7) is 8.29. The van der Waals surface area contributed by atoms with Crippen LogP contribution in [0, 0.1) is 5.92 Å². The second-order valence-corrected chi connectivity index (χ2v) is 5.24. The normalized spacial score (nSPS) is 35.9. The van der Waals surface area contributed by atoms with Gasteiger partial charge in [0.2, 0.25) is 0 Å². The average Bonchev–Trinajstić information content (AvgIpc) is 2.85. The summed E-state index contributed by atoms with van der Waals surface area (Å²) >= 11 is 0. The minimum atomic E-state index is 0.734. The molecule has 86 valence electrons. The molecule has 3 unspecified atom stereocenters. The van der Waals surface area contributed by atoms with E-state index in [9.17, 15) is 0 Å². The number of hydrogen-bond donors (Lipinski definition) is 2. The van der Waals surface area contributed by atoms with Crippen molar-refractivity contribution < 1.29 is 0 Å². The molecule has 1 saturated carbocycles. The van der Waals surface area contributed by atoms with Gasteiger partial charge in [0.1, 0.15) is 0 Å². The lowest BCUT2D eigenvalue weighted by atomic mass is 9.93. The minimum Gasteiger partial charge on any atom is -0.314 e. The highest BCUT2D eigenvalue weighted by Gasteiger charge is 2.34. The zero-order valence-corrected chi connectivity index (χ0v) is 9.89. The Labute approximate surface area is 93.5 Å². The number of nitrogens with one attached hydrogen (secondary N) is 2. The van der Waals surface area contributed by atoms with Crippen LogP contribution in [-0.4, -0.2) is 25.2 Å². The monoisotopic (exact) mass is 208 g/mol. The van der Waals surface area contributed by atoms with Crippen LogP contribution in [0.2, 0.25) is 0 Å². The summed E-state index contributed by atoms with van der Waals surface area (Å²) in [5.74, 6) is 0.867. The van der Waals surface area contributed by atoms with E-state index in [1.807, 2.05) is 0 Å². The first-order valence-electron chi connectivity index (χ1n) is 6.38. The maximum absolute atomic E-state index is 3.96. The van der Waals surface area contributed by atoms with Gasteiger partial charge in [-0.3, -0.25) is 0 Å². The molecule has 15 heavy (non-hydrogen) atoms. The molecule has 3 atom stereocenters. The van der Waals surface area contributed by atoms with Gasteiger partial charge >= 0.3 is 0 Å². The molecule has 0 radical (unpaired) electrons. The highest BCUT2D eigenvalue weighted by molar-refractivity contribution is 4.97. The van der Waals surface area contributed by atoms with E-state index in [-0.39, 0.29) is 0 Å². The van der Waals surface area contributed by atoms with Crippen LogP contribution >= 0.6 is 0 Å². The van der Waals surface area contributed by atoms with E-state index in [4.69, 9.17) is 0 Å². The van der Waals surface area contributed by atoms with Gasteiger partial charge in [-0.05, 0) is 45.1 Å². The summed E-state index contributed by atoms with van der Waals surface area (Å²) in [5.41, 5.74) is 1.25. The molecule has 2 fully saturated rings. The lowest BCUT2D eigenvalue weighted by Gasteiger charge is -2.26. The van der Waals surface area contributed by atoms with Gasteiger partial charge in [0.25, 0.3) is 0 Å². The van der Waals surface area contributed by atoms with Crippen molar-refractivity contribution in [3.05, 3.63) is 12.2 Å². The molecule has 0 aromatic heterocycles. The predicted molar refractivity (Wildman–Crippen MR) is 65.0 cm³/mol. The molecular formula is C13H24N2. The smallest absolute Gasteiger partial charge is 0.0161 e. The Morgan fingerprint density at radius 1 is 1.33 bits per heavy atom. The Kier molecular flexibility index (Phi) is 3.81. The van der Waals surface area contributed by atoms with E-state index in [1.54, 1.807) is 0 Å². The molecule has 0 bridgehead atoms. The molecule has 1 aliphatic heterocycles. The van der Waals surface area contributed by atoms with Crippen LogP contribution < -0.4 is 10.6 Å². The minimum absolute atomic E-state index is 0.734. The fourth-order valence-corrected chi connectivity index (χ4v) is 3.11. The van der Waals surface area contributed by atoms with E-state index >= 15 is 0 Å². The zero-order valence-electron chi connectivity index (χ0n) is 9.89. The van der Waals surface area contributed by atoms with E-state index in [0.29, 0.717) is 0 Å². The maximum Gasteiger partial charge on any atom is 0.0161 e. The van der Waals surface area contributed by atoms with Crippen LogP contribution in [0.25, 0.3) is 0 Å². The van der Waals surface area contributed by atoms with Crippen LogP contribution in [0.3, 0.4) is 0 Å². The molecule has 0 aromatic rings. The first-order valence-corrected chi connectivity index (χ1v) is 6.38. The fourth-order valence-electron chi connectivity index (χ4n) is 3.11. The summed E-state index contributed by atoms with van der Waals surface area (Å²) < 4.78 is 0. The van der Waals surface area contributed by atoms with Crippen molar-refractivity contribution in [1.29, 1.82) is 0 Å². The number of rotatable bonds is 4. The summed E-state index contributed by atoms with van der Waals surface area (Å²) in [6, 6.07) is 1.52. The molecule has 2 nitrogen and oxygen atoms in total. The van der Waals surface area contributed by atoms with E-state index in [2.05, 4.69) is 24.1 Å². The molecule has 0 amide bonds.